The Kier molecular flexibility index (Phi) is 4.52. The van der Waals surface area contributed by atoms with E-state index in [-0.39, 0.29) is 15.7 Å². The van der Waals surface area contributed by atoms with Crippen molar-refractivity contribution >= 4 is 33.2 Å². The van der Waals surface area contributed by atoms with Gasteiger partial charge in [-0.05, 0) is 32.0 Å². The summed E-state index contributed by atoms with van der Waals surface area (Å²) in [5.41, 5.74) is 0. The first-order chi connectivity index (χ1) is 10.2. The van der Waals surface area contributed by atoms with Gasteiger partial charge in [-0.2, -0.15) is 0 Å². The fraction of sp³-hybridized carbons (Fsp3) is 0.231. The number of sulfone groups is 1. The first kappa shape index (κ1) is 16.4. The van der Waals surface area contributed by atoms with E-state index in [1.807, 2.05) is 0 Å². The van der Waals surface area contributed by atoms with Gasteiger partial charge in [-0.25, -0.2) is 12.8 Å². The van der Waals surface area contributed by atoms with Gasteiger partial charge in [0.15, 0.2) is 15.7 Å². The number of halogens is 2. The molecule has 0 aliphatic carbocycles. The molecule has 9 heteroatoms. The molecule has 1 atom stereocenters. The molecule has 1 N–H and O–H groups in total. The topological polar surface area (TPSA) is 89.3 Å². The van der Waals surface area contributed by atoms with E-state index in [9.17, 15) is 17.6 Å². The number of nitrogens with one attached hydrogen (secondary N) is 1. The smallest absolute Gasteiger partial charge is 0.244 e. The SMILES string of the molecule is Cc1cc(NC(=O)[C@H](C)S(=O)(=O)c2ccc(F)c(Cl)c2)no1. The zero-order valence-electron chi connectivity index (χ0n) is 11.6. The lowest BCUT2D eigenvalue weighted by molar-refractivity contribution is -0.115. The number of hydrogen-bond acceptors (Lipinski definition) is 5. The molecule has 0 bridgehead atoms. The highest BCUT2D eigenvalue weighted by Crippen LogP contribution is 2.23. The van der Waals surface area contributed by atoms with E-state index in [0.29, 0.717) is 5.76 Å². The van der Waals surface area contributed by atoms with Crippen LogP contribution in [0.1, 0.15) is 12.7 Å². The zero-order valence-corrected chi connectivity index (χ0v) is 13.2. The maximum absolute atomic E-state index is 13.1. The third-order valence-corrected chi connectivity index (χ3v) is 5.28. The third-order valence-electron chi connectivity index (χ3n) is 2.93. The summed E-state index contributed by atoms with van der Waals surface area (Å²) in [7, 11) is -4.01. The Morgan fingerprint density at radius 1 is 1.41 bits per heavy atom. The van der Waals surface area contributed by atoms with Crippen molar-refractivity contribution in [1.29, 1.82) is 0 Å². The van der Waals surface area contributed by atoms with E-state index >= 15 is 0 Å². The Balaban J connectivity index is 2.24. The lowest BCUT2D eigenvalue weighted by Crippen LogP contribution is -2.32. The third kappa shape index (κ3) is 3.28. The van der Waals surface area contributed by atoms with E-state index < -0.39 is 26.8 Å². The molecular formula is C13H12ClFN2O4S. The molecule has 1 aromatic carbocycles. The standard InChI is InChI=1S/C13H12ClFN2O4S/c1-7-5-12(17-21-7)16-13(18)8(2)22(19,20)9-3-4-11(15)10(14)6-9/h3-6,8H,1-2H3,(H,16,17,18)/t8-/m0/s1. The van der Waals surface area contributed by atoms with E-state index in [1.165, 1.54) is 13.0 Å². The zero-order chi connectivity index (χ0) is 16.5. The average Bonchev–Trinajstić information content (AvgIpc) is 2.86. The highest BCUT2D eigenvalue weighted by molar-refractivity contribution is 7.92. The predicted octanol–water partition coefficient (Wildman–Crippen LogP) is 2.58. The van der Waals surface area contributed by atoms with Gasteiger partial charge in [0.05, 0.1) is 9.92 Å². The molecule has 6 nitrogen and oxygen atoms in total. The fourth-order valence-corrected chi connectivity index (χ4v) is 3.19. The minimum atomic E-state index is -4.01. The van der Waals surface area contributed by atoms with Crippen LogP contribution in [-0.4, -0.2) is 24.7 Å². The largest absolute Gasteiger partial charge is 0.360 e. The predicted molar refractivity (Wildman–Crippen MR) is 77.9 cm³/mol. The maximum atomic E-state index is 13.1. The summed E-state index contributed by atoms with van der Waals surface area (Å²) in [6, 6.07) is 4.41. The summed E-state index contributed by atoms with van der Waals surface area (Å²) < 4.78 is 42.6. The normalized spacial score (nSPS) is 12.9. The van der Waals surface area contributed by atoms with Gasteiger partial charge in [-0.15, -0.1) is 0 Å². The summed E-state index contributed by atoms with van der Waals surface area (Å²) in [5, 5.41) is 4.14. The number of carbonyl (C=O) groups excluding carboxylic acids is 1. The highest BCUT2D eigenvalue weighted by Gasteiger charge is 2.30. The minimum Gasteiger partial charge on any atom is -0.360 e. The van der Waals surface area contributed by atoms with Gasteiger partial charge >= 0.3 is 0 Å². The molecule has 0 aliphatic heterocycles. The molecule has 1 aromatic heterocycles. The second-order valence-electron chi connectivity index (χ2n) is 4.58. The molecule has 0 unspecified atom stereocenters. The molecule has 2 aromatic rings. The summed E-state index contributed by atoms with van der Waals surface area (Å²) in [4.78, 5) is 11.8. The molecule has 0 saturated carbocycles. The van der Waals surface area contributed by atoms with Gasteiger partial charge in [0.2, 0.25) is 5.91 Å². The number of amides is 1. The van der Waals surface area contributed by atoms with Crippen LogP contribution in [0, 0.1) is 12.7 Å². The fourth-order valence-electron chi connectivity index (χ4n) is 1.65. The van der Waals surface area contributed by atoms with Crippen molar-refractivity contribution in [3.63, 3.8) is 0 Å². The lowest BCUT2D eigenvalue weighted by atomic mass is 10.3. The maximum Gasteiger partial charge on any atom is 0.244 e. The van der Waals surface area contributed by atoms with Crippen LogP contribution in [0.25, 0.3) is 0 Å². The molecule has 0 saturated heterocycles. The number of hydrogen-bond donors (Lipinski definition) is 1. The van der Waals surface area contributed by atoms with Crippen molar-refractivity contribution in [2.75, 3.05) is 5.32 Å². The summed E-state index contributed by atoms with van der Waals surface area (Å²) in [6.45, 7) is 2.85. The van der Waals surface area contributed by atoms with Gasteiger partial charge in [0.25, 0.3) is 0 Å². The molecule has 2 rings (SSSR count). The van der Waals surface area contributed by atoms with Gasteiger partial charge in [-0.1, -0.05) is 16.8 Å². The van der Waals surface area contributed by atoms with Crippen LogP contribution in [0.3, 0.4) is 0 Å². The molecule has 0 radical (unpaired) electrons. The van der Waals surface area contributed by atoms with Crippen molar-refractivity contribution in [1.82, 2.24) is 5.16 Å². The van der Waals surface area contributed by atoms with E-state index in [4.69, 9.17) is 16.1 Å². The molecular weight excluding hydrogens is 335 g/mol. The van der Waals surface area contributed by atoms with Crippen molar-refractivity contribution in [3.05, 3.63) is 40.9 Å². The van der Waals surface area contributed by atoms with Crippen LogP contribution in [-0.2, 0) is 14.6 Å². The number of rotatable bonds is 4. The van der Waals surface area contributed by atoms with Crippen LogP contribution in [0.5, 0.6) is 0 Å². The number of carbonyl (C=O) groups is 1. The first-order valence-electron chi connectivity index (χ1n) is 6.15. The molecule has 0 spiro atoms. The molecule has 0 aliphatic rings. The Morgan fingerprint density at radius 3 is 2.64 bits per heavy atom. The molecule has 118 valence electrons. The second kappa shape index (κ2) is 6.05. The summed E-state index contributed by atoms with van der Waals surface area (Å²) >= 11 is 5.57. The van der Waals surface area contributed by atoms with Crippen LogP contribution >= 0.6 is 11.6 Å². The Bertz CT molecular complexity index is 819. The molecule has 22 heavy (non-hydrogen) atoms. The van der Waals surface area contributed by atoms with Crippen molar-refractivity contribution < 1.29 is 22.1 Å². The van der Waals surface area contributed by atoms with Crippen LogP contribution in [0.15, 0.2) is 33.7 Å². The first-order valence-corrected chi connectivity index (χ1v) is 8.07. The summed E-state index contributed by atoms with van der Waals surface area (Å²) in [6.07, 6.45) is 0. The monoisotopic (exact) mass is 346 g/mol. The lowest BCUT2D eigenvalue weighted by Gasteiger charge is -2.12. The molecule has 1 amide bonds. The quantitative estimate of drug-likeness (QED) is 0.859. The Morgan fingerprint density at radius 2 is 2.09 bits per heavy atom. The van der Waals surface area contributed by atoms with E-state index in [1.54, 1.807) is 6.92 Å². The van der Waals surface area contributed by atoms with Crippen LogP contribution in [0.4, 0.5) is 10.2 Å². The van der Waals surface area contributed by atoms with Gasteiger partial charge in [-0.3, -0.25) is 4.79 Å². The van der Waals surface area contributed by atoms with Crippen molar-refractivity contribution in [3.8, 4) is 0 Å². The van der Waals surface area contributed by atoms with E-state index in [0.717, 1.165) is 18.2 Å². The van der Waals surface area contributed by atoms with Crippen LogP contribution < -0.4 is 5.32 Å². The average molecular weight is 347 g/mol. The van der Waals surface area contributed by atoms with Gasteiger partial charge in [0, 0.05) is 6.07 Å². The number of nitrogens with zero attached hydrogens (tertiary/aromatic N) is 1. The highest BCUT2D eigenvalue weighted by atomic mass is 35.5. The molecule has 1 heterocycles. The number of benzene rings is 1. The van der Waals surface area contributed by atoms with Gasteiger partial charge in [0.1, 0.15) is 16.8 Å². The van der Waals surface area contributed by atoms with E-state index in [2.05, 4.69) is 10.5 Å². The summed E-state index contributed by atoms with van der Waals surface area (Å²) in [5.74, 6) is -0.942. The number of aryl methyl sites for hydroxylation is 1. The van der Waals surface area contributed by atoms with Gasteiger partial charge < -0.3 is 9.84 Å². The molecule has 0 fully saturated rings. The second-order valence-corrected chi connectivity index (χ2v) is 7.25. The Hall–Kier alpha value is -1.93. The number of anilines is 1. The van der Waals surface area contributed by atoms with Crippen molar-refractivity contribution in [2.24, 2.45) is 0 Å². The van der Waals surface area contributed by atoms with Crippen LogP contribution in [0.2, 0.25) is 5.02 Å². The minimum absolute atomic E-state index is 0.113. The Labute approximate surface area is 131 Å². The number of aromatic nitrogens is 1. The van der Waals surface area contributed by atoms with Crippen molar-refractivity contribution in [2.45, 2.75) is 24.0 Å².